The number of hydrogen-bond donors (Lipinski definition) is 1. The van der Waals surface area contributed by atoms with Crippen molar-refractivity contribution in [2.45, 2.75) is 6.92 Å². The zero-order chi connectivity index (χ0) is 13.5. The van der Waals surface area contributed by atoms with Crippen LogP contribution in [0.2, 0.25) is 0 Å². The number of esters is 1. The predicted octanol–water partition coefficient (Wildman–Crippen LogP) is 2.35. The van der Waals surface area contributed by atoms with Crippen molar-refractivity contribution < 1.29 is 18.3 Å². The normalized spacial score (nSPS) is 10.7. The lowest BCUT2D eigenvalue weighted by Crippen LogP contribution is -2.08. The van der Waals surface area contributed by atoms with Crippen molar-refractivity contribution in [3.05, 3.63) is 41.6 Å². The molecule has 0 fully saturated rings. The van der Waals surface area contributed by atoms with Crippen LogP contribution in [0.25, 0.3) is 0 Å². The van der Waals surface area contributed by atoms with Crippen LogP contribution >= 0.6 is 0 Å². The summed E-state index contributed by atoms with van der Waals surface area (Å²) < 4.78 is 30.5. The molecule has 4 nitrogen and oxygen atoms in total. The zero-order valence-corrected chi connectivity index (χ0v) is 9.54. The molecule has 0 saturated heterocycles. The van der Waals surface area contributed by atoms with Gasteiger partial charge in [-0.1, -0.05) is 0 Å². The number of rotatable bonds is 4. The van der Waals surface area contributed by atoms with Crippen molar-refractivity contribution in [1.29, 1.82) is 5.26 Å². The van der Waals surface area contributed by atoms with Gasteiger partial charge in [-0.2, -0.15) is 5.26 Å². The van der Waals surface area contributed by atoms with E-state index in [9.17, 15) is 13.6 Å². The largest absolute Gasteiger partial charge is 0.462 e. The highest BCUT2D eigenvalue weighted by atomic mass is 19.1. The number of ether oxygens (including phenoxy) is 1. The Bertz CT molecular complexity index is 521. The van der Waals surface area contributed by atoms with E-state index in [1.165, 1.54) is 0 Å². The highest BCUT2D eigenvalue weighted by molar-refractivity contribution is 5.93. The lowest BCUT2D eigenvalue weighted by atomic mass is 10.3. The number of nitrogens with one attached hydrogen (secondary N) is 1. The summed E-state index contributed by atoms with van der Waals surface area (Å²) in [6.45, 7) is 1.72. The quantitative estimate of drug-likeness (QED) is 0.507. The molecular weight excluding hydrogens is 242 g/mol. The summed E-state index contributed by atoms with van der Waals surface area (Å²) in [5.41, 5.74) is -0.353. The topological polar surface area (TPSA) is 62.1 Å². The van der Waals surface area contributed by atoms with E-state index in [0.29, 0.717) is 6.07 Å². The fourth-order valence-corrected chi connectivity index (χ4v) is 1.10. The molecule has 18 heavy (non-hydrogen) atoms. The standard InChI is InChI=1S/C12H10F2N2O2/c1-2-18-12(17)8(6-15)7-16-11-4-3-9(13)5-10(11)14/h3-5,7,16H,2H2,1H3/b8-7-. The molecule has 1 rings (SSSR count). The van der Waals surface area contributed by atoms with Crippen LogP contribution in [0, 0.1) is 23.0 Å². The van der Waals surface area contributed by atoms with Crippen molar-refractivity contribution in [3.8, 4) is 6.07 Å². The highest BCUT2D eigenvalue weighted by Crippen LogP contribution is 2.15. The molecule has 0 atom stereocenters. The molecule has 0 saturated carbocycles. The maximum Gasteiger partial charge on any atom is 0.350 e. The van der Waals surface area contributed by atoms with Crippen LogP contribution in [0.15, 0.2) is 30.0 Å². The highest BCUT2D eigenvalue weighted by Gasteiger charge is 2.10. The Balaban J connectivity index is 2.84. The van der Waals surface area contributed by atoms with Crippen LogP contribution < -0.4 is 5.32 Å². The number of hydrogen-bond acceptors (Lipinski definition) is 4. The molecular formula is C12H10F2N2O2. The first-order valence-electron chi connectivity index (χ1n) is 5.07. The van der Waals surface area contributed by atoms with Gasteiger partial charge in [0.25, 0.3) is 0 Å². The summed E-state index contributed by atoms with van der Waals surface area (Å²) in [5.74, 6) is -2.35. The van der Waals surface area contributed by atoms with Gasteiger partial charge in [0.05, 0.1) is 12.3 Å². The molecule has 0 aliphatic carbocycles. The lowest BCUT2D eigenvalue weighted by Gasteiger charge is -2.04. The van der Waals surface area contributed by atoms with Gasteiger partial charge in [-0.15, -0.1) is 0 Å². The van der Waals surface area contributed by atoms with Crippen LogP contribution in [-0.2, 0) is 9.53 Å². The summed E-state index contributed by atoms with van der Waals surface area (Å²) in [7, 11) is 0. The van der Waals surface area contributed by atoms with Crippen LogP contribution in [-0.4, -0.2) is 12.6 Å². The van der Waals surface area contributed by atoms with Gasteiger partial charge in [0.15, 0.2) is 5.57 Å². The molecule has 0 unspecified atom stereocenters. The van der Waals surface area contributed by atoms with E-state index in [1.54, 1.807) is 13.0 Å². The van der Waals surface area contributed by atoms with E-state index < -0.39 is 17.6 Å². The molecule has 6 heteroatoms. The van der Waals surface area contributed by atoms with Crippen molar-refractivity contribution in [2.24, 2.45) is 0 Å². The third-order valence-electron chi connectivity index (χ3n) is 1.92. The van der Waals surface area contributed by atoms with E-state index in [0.717, 1.165) is 18.3 Å². The number of halogens is 2. The third kappa shape index (κ3) is 3.56. The third-order valence-corrected chi connectivity index (χ3v) is 1.92. The maximum absolute atomic E-state index is 13.2. The van der Waals surface area contributed by atoms with Crippen molar-refractivity contribution >= 4 is 11.7 Å². The first-order chi connectivity index (χ1) is 8.58. The van der Waals surface area contributed by atoms with Gasteiger partial charge < -0.3 is 10.1 Å². The average molecular weight is 252 g/mol. The smallest absolute Gasteiger partial charge is 0.350 e. The molecule has 0 bridgehead atoms. The monoisotopic (exact) mass is 252 g/mol. The van der Waals surface area contributed by atoms with Gasteiger partial charge >= 0.3 is 5.97 Å². The van der Waals surface area contributed by atoms with E-state index in [2.05, 4.69) is 10.1 Å². The number of benzene rings is 1. The minimum absolute atomic E-state index is 0.0477. The fourth-order valence-electron chi connectivity index (χ4n) is 1.10. The first kappa shape index (κ1) is 13.6. The zero-order valence-electron chi connectivity index (χ0n) is 9.54. The predicted molar refractivity (Wildman–Crippen MR) is 60.3 cm³/mol. The van der Waals surface area contributed by atoms with E-state index >= 15 is 0 Å². The number of carbonyl (C=O) groups is 1. The molecule has 1 aromatic rings. The van der Waals surface area contributed by atoms with Crippen LogP contribution in [0.5, 0.6) is 0 Å². The Morgan fingerprint density at radius 1 is 1.56 bits per heavy atom. The minimum Gasteiger partial charge on any atom is -0.462 e. The Morgan fingerprint density at radius 3 is 2.83 bits per heavy atom. The number of nitrogens with zero attached hydrogens (tertiary/aromatic N) is 1. The summed E-state index contributed by atoms with van der Waals surface area (Å²) in [4.78, 5) is 11.2. The Hall–Kier alpha value is -2.42. The van der Waals surface area contributed by atoms with Gasteiger partial charge in [0, 0.05) is 12.3 Å². The second-order valence-corrected chi connectivity index (χ2v) is 3.16. The van der Waals surface area contributed by atoms with Crippen LogP contribution in [0.4, 0.5) is 14.5 Å². The van der Waals surface area contributed by atoms with E-state index in [4.69, 9.17) is 5.26 Å². The molecule has 0 spiro atoms. The molecule has 0 aromatic heterocycles. The molecule has 0 heterocycles. The van der Waals surface area contributed by atoms with Crippen LogP contribution in [0.1, 0.15) is 6.92 Å². The first-order valence-corrected chi connectivity index (χ1v) is 5.07. The maximum atomic E-state index is 13.2. The van der Waals surface area contributed by atoms with Gasteiger partial charge in [0.1, 0.15) is 17.7 Å². The van der Waals surface area contributed by atoms with Gasteiger partial charge in [-0.25, -0.2) is 13.6 Å². The number of nitriles is 1. The molecule has 0 aliphatic rings. The van der Waals surface area contributed by atoms with Crippen molar-refractivity contribution in [3.63, 3.8) is 0 Å². The summed E-state index contributed by atoms with van der Waals surface area (Å²) in [5, 5.41) is 11.1. The SMILES string of the molecule is CCOC(=O)/C(C#N)=C\Nc1ccc(F)cc1F. The molecule has 0 aliphatic heterocycles. The lowest BCUT2D eigenvalue weighted by molar-refractivity contribution is -0.138. The Labute approximate surface area is 102 Å². The molecule has 0 amide bonds. The second kappa shape index (κ2) is 6.35. The van der Waals surface area contributed by atoms with Crippen molar-refractivity contribution in [2.75, 3.05) is 11.9 Å². The Morgan fingerprint density at radius 2 is 2.28 bits per heavy atom. The van der Waals surface area contributed by atoms with Gasteiger partial charge in [-0.3, -0.25) is 0 Å². The molecule has 0 radical (unpaired) electrons. The molecule has 1 N–H and O–H groups in total. The fraction of sp³-hybridized carbons (Fsp3) is 0.167. The average Bonchev–Trinajstić information content (AvgIpc) is 2.32. The van der Waals surface area contributed by atoms with Gasteiger partial charge in [-0.05, 0) is 19.1 Å². The van der Waals surface area contributed by atoms with Crippen molar-refractivity contribution in [1.82, 2.24) is 0 Å². The second-order valence-electron chi connectivity index (χ2n) is 3.16. The molecule has 94 valence electrons. The van der Waals surface area contributed by atoms with E-state index in [1.807, 2.05) is 0 Å². The minimum atomic E-state index is -0.826. The number of carbonyl (C=O) groups excluding carboxylic acids is 1. The number of anilines is 1. The summed E-state index contributed by atoms with van der Waals surface area (Å²) in [6.07, 6.45) is 1.01. The van der Waals surface area contributed by atoms with Crippen LogP contribution in [0.3, 0.4) is 0 Å². The molecule has 1 aromatic carbocycles. The summed E-state index contributed by atoms with van der Waals surface area (Å²) >= 11 is 0. The van der Waals surface area contributed by atoms with Gasteiger partial charge in [0.2, 0.25) is 0 Å². The van der Waals surface area contributed by atoms with E-state index in [-0.39, 0.29) is 17.9 Å². The summed E-state index contributed by atoms with van der Waals surface area (Å²) in [6, 6.07) is 4.51. The Kier molecular flexibility index (Phi) is 4.81.